The summed E-state index contributed by atoms with van der Waals surface area (Å²) < 4.78 is 5.54. The summed E-state index contributed by atoms with van der Waals surface area (Å²) in [5, 5.41) is 2.16. The molecule has 0 radical (unpaired) electrons. The van der Waals surface area contributed by atoms with E-state index in [9.17, 15) is 9.59 Å². The van der Waals surface area contributed by atoms with Crippen LogP contribution in [0.5, 0.6) is 5.75 Å². The van der Waals surface area contributed by atoms with Crippen LogP contribution < -0.4 is 15.8 Å². The van der Waals surface area contributed by atoms with E-state index in [1.807, 2.05) is 6.07 Å². The number of urea groups is 1. The maximum atomic E-state index is 11.9. The van der Waals surface area contributed by atoms with Crippen LogP contribution in [0.25, 0.3) is 0 Å². The molecule has 2 aliphatic rings. The van der Waals surface area contributed by atoms with Crippen molar-refractivity contribution in [2.24, 2.45) is 5.73 Å². The van der Waals surface area contributed by atoms with Crippen molar-refractivity contribution in [3.05, 3.63) is 29.3 Å². The first-order valence-electron chi connectivity index (χ1n) is 8.20. The number of carbonyl (C=O) groups excluding carboxylic acids is 2. The molecule has 1 saturated carbocycles. The van der Waals surface area contributed by atoms with Gasteiger partial charge < -0.3 is 10.5 Å². The Bertz CT molecular complexity index is 597. The quantitative estimate of drug-likeness (QED) is 0.863. The van der Waals surface area contributed by atoms with Crippen molar-refractivity contribution >= 4 is 11.9 Å². The zero-order chi connectivity index (χ0) is 16.2. The van der Waals surface area contributed by atoms with Gasteiger partial charge in [-0.25, -0.2) is 4.79 Å². The minimum atomic E-state index is -0.795. The van der Waals surface area contributed by atoms with E-state index < -0.39 is 6.03 Å². The van der Waals surface area contributed by atoms with Gasteiger partial charge in [0, 0.05) is 19.0 Å². The summed E-state index contributed by atoms with van der Waals surface area (Å²) in [5.74, 6) is 0.626. The molecule has 3 rings (SSSR count). The third-order valence-electron chi connectivity index (χ3n) is 4.59. The molecule has 1 aliphatic carbocycles. The van der Waals surface area contributed by atoms with Crippen LogP contribution in [-0.4, -0.2) is 36.0 Å². The summed E-state index contributed by atoms with van der Waals surface area (Å²) in [7, 11) is 0. The molecule has 23 heavy (non-hydrogen) atoms. The summed E-state index contributed by atoms with van der Waals surface area (Å²) in [6.45, 7) is 1.64. The number of nitrogens with one attached hydrogen (secondary N) is 1. The second-order valence-electron chi connectivity index (χ2n) is 6.30. The lowest BCUT2D eigenvalue weighted by molar-refractivity contribution is -0.121. The number of hydrogen-bond acceptors (Lipinski definition) is 4. The number of imide groups is 1. The van der Waals surface area contributed by atoms with Gasteiger partial charge in [0.2, 0.25) is 5.91 Å². The average molecular weight is 317 g/mol. The van der Waals surface area contributed by atoms with E-state index in [2.05, 4.69) is 22.3 Å². The van der Waals surface area contributed by atoms with E-state index in [-0.39, 0.29) is 12.5 Å². The molecule has 124 valence electrons. The van der Waals surface area contributed by atoms with Crippen molar-refractivity contribution in [1.82, 2.24) is 10.2 Å². The Morgan fingerprint density at radius 2 is 2.09 bits per heavy atom. The maximum absolute atomic E-state index is 11.9. The molecule has 0 atom stereocenters. The summed E-state index contributed by atoms with van der Waals surface area (Å²) in [5.41, 5.74) is 7.44. The molecular formula is C17H23N3O3. The lowest BCUT2D eigenvalue weighted by Crippen LogP contribution is -2.44. The summed E-state index contributed by atoms with van der Waals surface area (Å²) in [6.07, 6.45) is 5.51. The van der Waals surface area contributed by atoms with Gasteiger partial charge >= 0.3 is 6.03 Å². The van der Waals surface area contributed by atoms with Crippen LogP contribution in [0.2, 0.25) is 0 Å². The smallest absolute Gasteiger partial charge is 0.318 e. The highest BCUT2D eigenvalue weighted by atomic mass is 16.5. The Labute approximate surface area is 136 Å². The molecule has 6 heteroatoms. The van der Waals surface area contributed by atoms with Gasteiger partial charge in [-0.05, 0) is 30.0 Å². The lowest BCUT2D eigenvalue weighted by atomic mass is 10.1. The van der Waals surface area contributed by atoms with Crippen LogP contribution >= 0.6 is 0 Å². The molecule has 3 N–H and O–H groups in total. The molecule has 6 nitrogen and oxygen atoms in total. The summed E-state index contributed by atoms with van der Waals surface area (Å²) in [6, 6.07) is 5.82. The molecule has 1 aromatic carbocycles. The van der Waals surface area contributed by atoms with Crippen molar-refractivity contribution in [3.8, 4) is 5.75 Å². The highest BCUT2D eigenvalue weighted by Crippen LogP contribution is 2.28. The van der Waals surface area contributed by atoms with Gasteiger partial charge in [-0.1, -0.05) is 25.0 Å². The summed E-state index contributed by atoms with van der Waals surface area (Å²) in [4.78, 5) is 24.9. The Kier molecular flexibility index (Phi) is 4.81. The van der Waals surface area contributed by atoms with Gasteiger partial charge in [-0.3, -0.25) is 15.0 Å². The fraction of sp³-hybridized carbons (Fsp3) is 0.529. The van der Waals surface area contributed by atoms with Crippen molar-refractivity contribution < 1.29 is 14.3 Å². The molecule has 1 heterocycles. The van der Waals surface area contributed by atoms with Gasteiger partial charge in [0.15, 0.2) is 0 Å². The average Bonchev–Trinajstić information content (AvgIpc) is 3.16. The van der Waals surface area contributed by atoms with E-state index in [0.29, 0.717) is 12.6 Å². The Morgan fingerprint density at radius 3 is 2.83 bits per heavy atom. The number of rotatable bonds is 5. The molecule has 0 spiro atoms. The van der Waals surface area contributed by atoms with E-state index in [1.54, 1.807) is 0 Å². The first-order valence-corrected chi connectivity index (χ1v) is 8.20. The number of nitrogens with two attached hydrogens (primary N) is 1. The monoisotopic (exact) mass is 317 g/mol. The van der Waals surface area contributed by atoms with Gasteiger partial charge in [0.25, 0.3) is 0 Å². The normalized spacial score (nSPS) is 17.1. The van der Waals surface area contributed by atoms with Crippen molar-refractivity contribution in [3.63, 3.8) is 0 Å². The molecule has 1 fully saturated rings. The van der Waals surface area contributed by atoms with Crippen molar-refractivity contribution in [2.75, 3.05) is 13.2 Å². The second-order valence-corrected chi connectivity index (χ2v) is 6.30. The third kappa shape index (κ3) is 4.01. The maximum Gasteiger partial charge on any atom is 0.318 e. The number of fused-ring (bicyclic) bond motifs is 1. The van der Waals surface area contributed by atoms with Gasteiger partial charge in [-0.2, -0.15) is 0 Å². The number of carbonyl (C=O) groups is 2. The second kappa shape index (κ2) is 7.00. The Hall–Kier alpha value is -2.08. The topological polar surface area (TPSA) is 84.7 Å². The Morgan fingerprint density at radius 1 is 1.30 bits per heavy atom. The van der Waals surface area contributed by atoms with Crippen LogP contribution in [0, 0.1) is 0 Å². The SMILES string of the molecule is NC(=O)NC(=O)CN(Cc1ccc2c(c1)CCO2)C1CCCC1. The first-order chi connectivity index (χ1) is 11.1. The van der Waals surface area contributed by atoms with Crippen LogP contribution in [0.1, 0.15) is 36.8 Å². The van der Waals surface area contributed by atoms with E-state index >= 15 is 0 Å². The first kappa shape index (κ1) is 15.8. The van der Waals surface area contributed by atoms with Crippen LogP contribution in [-0.2, 0) is 17.8 Å². The van der Waals surface area contributed by atoms with Crippen molar-refractivity contribution in [1.29, 1.82) is 0 Å². The lowest BCUT2D eigenvalue weighted by Gasteiger charge is -2.28. The van der Waals surface area contributed by atoms with Crippen LogP contribution in [0.15, 0.2) is 18.2 Å². The van der Waals surface area contributed by atoms with Crippen LogP contribution in [0.4, 0.5) is 4.79 Å². The molecular weight excluding hydrogens is 294 g/mol. The number of benzene rings is 1. The third-order valence-corrected chi connectivity index (χ3v) is 4.59. The number of amides is 3. The van der Waals surface area contributed by atoms with E-state index in [0.717, 1.165) is 31.6 Å². The minimum Gasteiger partial charge on any atom is -0.493 e. The van der Waals surface area contributed by atoms with Crippen LogP contribution in [0.3, 0.4) is 0 Å². The molecule has 1 aliphatic heterocycles. The highest BCUT2D eigenvalue weighted by Gasteiger charge is 2.25. The van der Waals surface area contributed by atoms with Gasteiger partial charge in [0.05, 0.1) is 13.2 Å². The van der Waals surface area contributed by atoms with Gasteiger partial charge in [0.1, 0.15) is 5.75 Å². The number of nitrogens with zero attached hydrogens (tertiary/aromatic N) is 1. The predicted octanol–water partition coefficient (Wildman–Crippen LogP) is 1.56. The standard InChI is InChI=1S/C17H23N3O3/c18-17(22)19-16(21)11-20(14-3-1-2-4-14)10-12-5-6-15-13(9-12)7-8-23-15/h5-6,9,14H,1-4,7-8,10-11H2,(H3,18,19,21,22). The van der Waals surface area contributed by atoms with E-state index in [4.69, 9.17) is 10.5 Å². The molecule has 0 saturated heterocycles. The molecule has 3 amide bonds. The number of hydrogen-bond donors (Lipinski definition) is 2. The van der Waals surface area contributed by atoms with E-state index in [1.165, 1.54) is 24.0 Å². The molecule has 0 aromatic heterocycles. The molecule has 0 unspecified atom stereocenters. The fourth-order valence-electron chi connectivity index (χ4n) is 3.52. The Balaban J connectivity index is 1.70. The minimum absolute atomic E-state index is 0.196. The number of ether oxygens (including phenoxy) is 1. The zero-order valence-corrected chi connectivity index (χ0v) is 13.2. The largest absolute Gasteiger partial charge is 0.493 e. The molecule has 0 bridgehead atoms. The van der Waals surface area contributed by atoms with Crippen molar-refractivity contribution in [2.45, 2.75) is 44.7 Å². The summed E-state index contributed by atoms with van der Waals surface area (Å²) >= 11 is 0. The predicted molar refractivity (Wildman–Crippen MR) is 86.0 cm³/mol. The molecule has 1 aromatic rings. The fourth-order valence-corrected chi connectivity index (χ4v) is 3.52. The highest BCUT2D eigenvalue weighted by molar-refractivity contribution is 5.94. The number of primary amides is 1. The van der Waals surface area contributed by atoms with Gasteiger partial charge in [-0.15, -0.1) is 0 Å². The zero-order valence-electron chi connectivity index (χ0n) is 13.2.